The number of aryl methyl sites for hydroxylation is 1. The van der Waals surface area contributed by atoms with Crippen LogP contribution in [0.1, 0.15) is 18.9 Å². The van der Waals surface area contributed by atoms with Gasteiger partial charge in [0.25, 0.3) is 0 Å². The van der Waals surface area contributed by atoms with Crippen LogP contribution in [-0.4, -0.2) is 10.9 Å². The summed E-state index contributed by atoms with van der Waals surface area (Å²) < 4.78 is 0. The van der Waals surface area contributed by atoms with Gasteiger partial charge in [-0.2, -0.15) is 0 Å². The molecule has 1 N–H and O–H groups in total. The Kier molecular flexibility index (Phi) is 5.81. The first-order valence-electron chi connectivity index (χ1n) is 7.55. The normalized spacial score (nSPS) is 10.3. The summed E-state index contributed by atoms with van der Waals surface area (Å²) in [7, 11) is 0. The lowest BCUT2D eigenvalue weighted by molar-refractivity contribution is -0.115. The number of nitrogens with one attached hydrogen (secondary N) is 1. The minimum atomic E-state index is -0.00421. The Bertz CT molecular complexity index is 876. The highest BCUT2D eigenvalue weighted by atomic mass is 35.5. The molecule has 0 aliphatic carbocycles. The summed E-state index contributed by atoms with van der Waals surface area (Å²) in [5, 5.41) is 4.56. The zero-order valence-electron chi connectivity index (χ0n) is 13.5. The first-order valence-corrected chi connectivity index (χ1v) is 7.93. The number of nitrogens with zero attached hydrogens (tertiary/aromatic N) is 1. The molecular weight excluding hydrogens is 343 g/mol. The van der Waals surface area contributed by atoms with Crippen molar-refractivity contribution in [3.8, 4) is 11.3 Å². The Morgan fingerprint density at radius 2 is 1.79 bits per heavy atom. The van der Waals surface area contributed by atoms with E-state index in [-0.39, 0.29) is 18.3 Å². The van der Waals surface area contributed by atoms with Crippen molar-refractivity contribution in [2.24, 2.45) is 0 Å². The first kappa shape index (κ1) is 18.2. The molecule has 0 atom stereocenters. The monoisotopic (exact) mass is 360 g/mol. The third-order valence-corrected chi connectivity index (χ3v) is 4.30. The van der Waals surface area contributed by atoms with Crippen molar-refractivity contribution >= 4 is 46.5 Å². The SMILES string of the molecule is CCC(=O)Nc1ccc(-c2nc3ccccc3c(C)c2Cl)cc1.Cl. The van der Waals surface area contributed by atoms with E-state index in [0.29, 0.717) is 11.4 Å². The van der Waals surface area contributed by atoms with Crippen LogP contribution in [-0.2, 0) is 4.79 Å². The number of carbonyl (C=O) groups excluding carboxylic acids is 1. The fourth-order valence-corrected chi connectivity index (χ4v) is 2.76. The van der Waals surface area contributed by atoms with Gasteiger partial charge in [-0.1, -0.05) is 48.9 Å². The van der Waals surface area contributed by atoms with Gasteiger partial charge in [-0.3, -0.25) is 4.79 Å². The molecule has 0 spiro atoms. The molecule has 0 bridgehead atoms. The van der Waals surface area contributed by atoms with Crippen LogP contribution in [0, 0.1) is 6.92 Å². The van der Waals surface area contributed by atoms with Crippen LogP contribution in [0.25, 0.3) is 22.2 Å². The topological polar surface area (TPSA) is 42.0 Å². The van der Waals surface area contributed by atoms with Gasteiger partial charge in [0.15, 0.2) is 0 Å². The average Bonchev–Trinajstić information content (AvgIpc) is 2.59. The van der Waals surface area contributed by atoms with Crippen LogP contribution in [0.2, 0.25) is 5.02 Å². The Morgan fingerprint density at radius 3 is 2.46 bits per heavy atom. The highest BCUT2D eigenvalue weighted by Crippen LogP contribution is 2.33. The number of rotatable bonds is 3. The van der Waals surface area contributed by atoms with E-state index in [4.69, 9.17) is 16.6 Å². The van der Waals surface area contributed by atoms with Crippen LogP contribution >= 0.6 is 24.0 Å². The third kappa shape index (κ3) is 3.53. The van der Waals surface area contributed by atoms with E-state index in [2.05, 4.69) is 5.32 Å². The van der Waals surface area contributed by atoms with Crippen LogP contribution in [0.15, 0.2) is 48.5 Å². The minimum absolute atomic E-state index is 0. The van der Waals surface area contributed by atoms with Gasteiger partial charge >= 0.3 is 0 Å². The van der Waals surface area contributed by atoms with Crippen molar-refractivity contribution in [3.05, 3.63) is 59.1 Å². The second kappa shape index (κ2) is 7.65. The van der Waals surface area contributed by atoms with Gasteiger partial charge in [-0.15, -0.1) is 12.4 Å². The molecule has 0 saturated carbocycles. The van der Waals surface area contributed by atoms with Crippen molar-refractivity contribution in [1.82, 2.24) is 4.98 Å². The molecule has 0 radical (unpaired) electrons. The fourth-order valence-electron chi connectivity index (χ4n) is 2.51. The summed E-state index contributed by atoms with van der Waals surface area (Å²) >= 11 is 6.52. The highest BCUT2D eigenvalue weighted by Gasteiger charge is 2.12. The largest absolute Gasteiger partial charge is 0.326 e. The lowest BCUT2D eigenvalue weighted by Gasteiger charge is -2.11. The minimum Gasteiger partial charge on any atom is -0.326 e. The predicted molar refractivity (Wildman–Crippen MR) is 103 cm³/mol. The lowest BCUT2D eigenvalue weighted by atomic mass is 10.0. The Labute approximate surface area is 152 Å². The molecule has 0 aliphatic heterocycles. The summed E-state index contributed by atoms with van der Waals surface area (Å²) in [5.41, 5.74) is 4.41. The number of carbonyl (C=O) groups is 1. The molecule has 0 saturated heterocycles. The first-order chi connectivity index (χ1) is 11.1. The molecule has 3 nitrogen and oxygen atoms in total. The molecule has 3 aromatic rings. The van der Waals surface area contributed by atoms with Crippen molar-refractivity contribution in [2.45, 2.75) is 20.3 Å². The van der Waals surface area contributed by atoms with Gasteiger partial charge < -0.3 is 5.32 Å². The molecule has 0 fully saturated rings. The summed E-state index contributed by atoms with van der Waals surface area (Å²) in [6, 6.07) is 15.5. The Balaban J connectivity index is 0.00000208. The van der Waals surface area contributed by atoms with Crippen LogP contribution in [0.4, 0.5) is 5.69 Å². The second-order valence-electron chi connectivity index (χ2n) is 5.40. The van der Waals surface area contributed by atoms with E-state index in [0.717, 1.165) is 33.4 Å². The highest BCUT2D eigenvalue weighted by molar-refractivity contribution is 6.34. The maximum Gasteiger partial charge on any atom is 0.224 e. The van der Waals surface area contributed by atoms with Gasteiger partial charge in [0.1, 0.15) is 0 Å². The molecule has 1 heterocycles. The van der Waals surface area contributed by atoms with Gasteiger partial charge in [0.2, 0.25) is 5.91 Å². The number of hydrogen-bond donors (Lipinski definition) is 1. The summed E-state index contributed by atoms with van der Waals surface area (Å²) in [6.07, 6.45) is 0.457. The molecule has 5 heteroatoms. The van der Waals surface area contributed by atoms with E-state index in [1.54, 1.807) is 0 Å². The maximum absolute atomic E-state index is 11.4. The molecule has 124 valence electrons. The van der Waals surface area contributed by atoms with E-state index >= 15 is 0 Å². The number of hydrogen-bond acceptors (Lipinski definition) is 2. The maximum atomic E-state index is 11.4. The number of aromatic nitrogens is 1. The van der Waals surface area contributed by atoms with E-state index in [1.165, 1.54) is 0 Å². The Morgan fingerprint density at radius 1 is 1.12 bits per heavy atom. The van der Waals surface area contributed by atoms with E-state index in [1.807, 2.05) is 62.4 Å². The van der Waals surface area contributed by atoms with Crippen LogP contribution in [0.5, 0.6) is 0 Å². The molecule has 1 aromatic heterocycles. The van der Waals surface area contributed by atoms with Gasteiger partial charge in [0.05, 0.1) is 16.2 Å². The Hall–Kier alpha value is -2.10. The summed E-state index contributed by atoms with van der Waals surface area (Å²) in [6.45, 7) is 3.83. The van der Waals surface area contributed by atoms with Crippen molar-refractivity contribution in [2.75, 3.05) is 5.32 Å². The number of amides is 1. The van der Waals surface area contributed by atoms with Crippen LogP contribution < -0.4 is 5.32 Å². The van der Waals surface area contributed by atoms with E-state index < -0.39 is 0 Å². The molecule has 0 aliphatic rings. The van der Waals surface area contributed by atoms with Gasteiger partial charge in [0, 0.05) is 23.1 Å². The number of anilines is 1. The average molecular weight is 361 g/mol. The lowest BCUT2D eigenvalue weighted by Crippen LogP contribution is -2.09. The molecule has 0 unspecified atom stereocenters. The fraction of sp³-hybridized carbons (Fsp3) is 0.158. The predicted octanol–water partition coefficient (Wildman–Crippen LogP) is 5.63. The van der Waals surface area contributed by atoms with Gasteiger partial charge in [-0.05, 0) is 30.7 Å². The van der Waals surface area contributed by atoms with Gasteiger partial charge in [-0.25, -0.2) is 4.98 Å². The number of fused-ring (bicyclic) bond motifs is 1. The standard InChI is InChI=1S/C19H17ClN2O.ClH/c1-3-17(23)21-14-10-8-13(9-11-14)19-18(20)12(2)15-6-4-5-7-16(15)22-19;/h4-11H,3H2,1-2H3,(H,21,23);1H. The van der Waals surface area contributed by atoms with Crippen molar-refractivity contribution < 1.29 is 4.79 Å². The van der Waals surface area contributed by atoms with Crippen molar-refractivity contribution in [1.29, 1.82) is 0 Å². The summed E-state index contributed by atoms with van der Waals surface area (Å²) in [4.78, 5) is 16.1. The number of benzene rings is 2. The zero-order valence-corrected chi connectivity index (χ0v) is 15.0. The zero-order chi connectivity index (χ0) is 16.4. The quantitative estimate of drug-likeness (QED) is 0.657. The molecule has 1 amide bonds. The summed E-state index contributed by atoms with van der Waals surface area (Å²) in [5.74, 6) is -0.00421. The number of para-hydroxylation sites is 1. The molecule has 2 aromatic carbocycles. The van der Waals surface area contributed by atoms with E-state index in [9.17, 15) is 4.79 Å². The smallest absolute Gasteiger partial charge is 0.224 e. The molecule has 3 rings (SSSR count). The molecular formula is C19H18Cl2N2O. The number of pyridine rings is 1. The number of halogens is 2. The van der Waals surface area contributed by atoms with Crippen molar-refractivity contribution in [3.63, 3.8) is 0 Å². The second-order valence-corrected chi connectivity index (χ2v) is 5.77. The van der Waals surface area contributed by atoms with Crippen LogP contribution in [0.3, 0.4) is 0 Å². The third-order valence-electron chi connectivity index (χ3n) is 3.84. The molecule has 24 heavy (non-hydrogen) atoms.